The quantitative estimate of drug-likeness (QED) is 0.417. The first-order valence-corrected chi connectivity index (χ1v) is 4.38. The Hall–Kier alpha value is -1.96. The van der Waals surface area contributed by atoms with Gasteiger partial charge < -0.3 is 4.74 Å². The van der Waals surface area contributed by atoms with E-state index in [-0.39, 0.29) is 12.2 Å². The maximum absolute atomic E-state index is 12.7. The number of esters is 1. The number of halogens is 3. The number of hydrogen-bond acceptors (Lipinski definition) is 2. The van der Waals surface area contributed by atoms with Crippen LogP contribution in [0.4, 0.5) is 13.2 Å². The Morgan fingerprint density at radius 2 is 1.88 bits per heavy atom. The van der Waals surface area contributed by atoms with Crippen molar-refractivity contribution < 1.29 is 22.7 Å². The summed E-state index contributed by atoms with van der Waals surface area (Å²) in [6, 6.07) is 1.40. The molecule has 0 radical (unpaired) electrons. The van der Waals surface area contributed by atoms with E-state index < -0.39 is 23.4 Å². The summed E-state index contributed by atoms with van der Waals surface area (Å²) < 4.78 is 42.4. The first kappa shape index (κ1) is 12.1. The van der Waals surface area contributed by atoms with Crippen molar-refractivity contribution in [2.45, 2.75) is 6.92 Å². The summed E-state index contributed by atoms with van der Waals surface area (Å²) >= 11 is 0. The van der Waals surface area contributed by atoms with Gasteiger partial charge in [0.2, 0.25) is 0 Å². The monoisotopic (exact) mass is 228 g/mol. The number of carbonyl (C=O) groups is 1. The van der Waals surface area contributed by atoms with Crippen LogP contribution in [-0.2, 0) is 9.53 Å². The molecular weight excluding hydrogens is 221 g/mol. The van der Waals surface area contributed by atoms with Gasteiger partial charge in [0.25, 0.3) is 0 Å². The Morgan fingerprint density at radius 1 is 1.31 bits per heavy atom. The lowest BCUT2D eigenvalue weighted by Gasteiger charge is -1.96. The van der Waals surface area contributed by atoms with Gasteiger partial charge in [-0.05, 0) is 19.1 Å². The molecule has 0 atom stereocenters. The van der Waals surface area contributed by atoms with Crippen molar-refractivity contribution in [3.05, 3.63) is 35.1 Å². The van der Waals surface area contributed by atoms with E-state index >= 15 is 0 Å². The van der Waals surface area contributed by atoms with Gasteiger partial charge >= 0.3 is 5.97 Å². The van der Waals surface area contributed by atoms with E-state index in [1.54, 1.807) is 6.92 Å². The zero-order valence-corrected chi connectivity index (χ0v) is 8.31. The van der Waals surface area contributed by atoms with Gasteiger partial charge in [-0.2, -0.15) is 0 Å². The SMILES string of the molecule is CCOC(=O)C#Cc1cc(F)c(F)c(F)c1. The molecule has 0 aromatic heterocycles. The number of ether oxygens (including phenoxy) is 1. The summed E-state index contributed by atoms with van der Waals surface area (Å²) in [5, 5.41) is 0. The smallest absolute Gasteiger partial charge is 0.384 e. The topological polar surface area (TPSA) is 26.3 Å². The predicted molar refractivity (Wildman–Crippen MR) is 49.8 cm³/mol. The van der Waals surface area contributed by atoms with Crippen molar-refractivity contribution >= 4 is 5.97 Å². The summed E-state index contributed by atoms with van der Waals surface area (Å²) in [5.74, 6) is -0.914. The molecule has 1 aromatic carbocycles. The van der Waals surface area contributed by atoms with Crippen LogP contribution in [0.25, 0.3) is 0 Å². The zero-order valence-electron chi connectivity index (χ0n) is 8.31. The highest BCUT2D eigenvalue weighted by Crippen LogP contribution is 2.12. The van der Waals surface area contributed by atoms with Crippen molar-refractivity contribution in [3.8, 4) is 11.8 Å². The molecule has 0 heterocycles. The molecule has 84 valence electrons. The minimum absolute atomic E-state index is 0.135. The highest BCUT2D eigenvalue weighted by Gasteiger charge is 2.09. The van der Waals surface area contributed by atoms with Gasteiger partial charge in [-0.3, -0.25) is 0 Å². The Bertz CT molecular complexity index is 449. The Labute approximate surface area is 90.0 Å². The minimum atomic E-state index is -1.57. The fraction of sp³-hybridized carbons (Fsp3) is 0.182. The first-order chi connectivity index (χ1) is 7.54. The fourth-order valence-corrected chi connectivity index (χ4v) is 0.918. The average molecular weight is 228 g/mol. The van der Waals surface area contributed by atoms with Crippen LogP contribution in [0, 0.1) is 29.3 Å². The largest absolute Gasteiger partial charge is 0.456 e. The highest BCUT2D eigenvalue weighted by atomic mass is 19.2. The van der Waals surface area contributed by atoms with Crippen molar-refractivity contribution in [1.29, 1.82) is 0 Å². The van der Waals surface area contributed by atoms with E-state index in [4.69, 9.17) is 0 Å². The molecule has 0 N–H and O–H groups in total. The molecule has 0 fully saturated rings. The second-order valence-corrected chi connectivity index (χ2v) is 2.72. The van der Waals surface area contributed by atoms with Crippen LogP contribution < -0.4 is 0 Å². The van der Waals surface area contributed by atoms with Crippen LogP contribution in [0.2, 0.25) is 0 Å². The maximum Gasteiger partial charge on any atom is 0.384 e. The molecule has 1 aromatic rings. The van der Waals surface area contributed by atoms with Gasteiger partial charge in [-0.25, -0.2) is 18.0 Å². The predicted octanol–water partition coefficient (Wildman–Crippen LogP) is 2.02. The van der Waals surface area contributed by atoms with Gasteiger partial charge in [-0.15, -0.1) is 0 Å². The van der Waals surface area contributed by atoms with Crippen LogP contribution in [0.1, 0.15) is 12.5 Å². The third-order valence-electron chi connectivity index (χ3n) is 1.57. The van der Waals surface area contributed by atoms with Crippen LogP contribution in [-0.4, -0.2) is 12.6 Å². The lowest BCUT2D eigenvalue weighted by atomic mass is 10.2. The van der Waals surface area contributed by atoms with Crippen LogP contribution in [0.5, 0.6) is 0 Å². The number of rotatable bonds is 1. The standard InChI is InChI=1S/C11H7F3O2/c1-2-16-10(15)4-3-7-5-8(12)11(14)9(13)6-7/h5-6H,2H2,1H3. The van der Waals surface area contributed by atoms with Crippen LogP contribution >= 0.6 is 0 Å². The molecule has 1 rings (SSSR count). The third kappa shape index (κ3) is 3.02. The summed E-state index contributed by atoms with van der Waals surface area (Å²) in [7, 11) is 0. The second-order valence-electron chi connectivity index (χ2n) is 2.72. The van der Waals surface area contributed by atoms with Gasteiger partial charge in [0.05, 0.1) is 6.61 Å². The molecule has 5 heteroatoms. The number of carbonyl (C=O) groups excluding carboxylic acids is 1. The molecule has 16 heavy (non-hydrogen) atoms. The number of hydrogen-bond donors (Lipinski definition) is 0. The van der Waals surface area contributed by atoms with Crippen molar-refractivity contribution in [3.63, 3.8) is 0 Å². The van der Waals surface area contributed by atoms with Gasteiger partial charge in [0, 0.05) is 11.5 Å². The highest BCUT2D eigenvalue weighted by molar-refractivity contribution is 5.89. The van der Waals surface area contributed by atoms with Crippen LogP contribution in [0.3, 0.4) is 0 Å². The van der Waals surface area contributed by atoms with Gasteiger partial charge in [0.15, 0.2) is 17.5 Å². The molecule has 0 saturated carbocycles. The van der Waals surface area contributed by atoms with Crippen molar-refractivity contribution in [2.24, 2.45) is 0 Å². The Balaban J connectivity index is 2.94. The molecule has 0 unspecified atom stereocenters. The van der Waals surface area contributed by atoms with E-state index in [9.17, 15) is 18.0 Å². The molecule has 0 aliphatic rings. The van der Waals surface area contributed by atoms with E-state index in [0.29, 0.717) is 12.1 Å². The lowest BCUT2D eigenvalue weighted by Crippen LogP contribution is -1.99. The first-order valence-electron chi connectivity index (χ1n) is 4.38. The number of benzene rings is 1. The molecular formula is C11H7F3O2. The van der Waals surface area contributed by atoms with E-state index in [1.807, 2.05) is 5.92 Å². The van der Waals surface area contributed by atoms with E-state index in [0.717, 1.165) is 0 Å². The normalized spacial score (nSPS) is 9.25. The van der Waals surface area contributed by atoms with Crippen molar-refractivity contribution in [2.75, 3.05) is 6.61 Å². The van der Waals surface area contributed by atoms with Crippen molar-refractivity contribution in [1.82, 2.24) is 0 Å². The molecule has 0 saturated heterocycles. The lowest BCUT2D eigenvalue weighted by molar-refractivity contribution is -0.136. The minimum Gasteiger partial charge on any atom is -0.456 e. The Kier molecular flexibility index (Phi) is 3.95. The van der Waals surface area contributed by atoms with E-state index in [1.165, 1.54) is 0 Å². The third-order valence-corrected chi connectivity index (χ3v) is 1.57. The Morgan fingerprint density at radius 3 is 2.38 bits per heavy atom. The second kappa shape index (κ2) is 5.21. The molecule has 0 aliphatic heterocycles. The molecule has 0 spiro atoms. The molecule has 2 nitrogen and oxygen atoms in total. The average Bonchev–Trinajstić information content (AvgIpc) is 2.23. The van der Waals surface area contributed by atoms with Gasteiger partial charge in [-0.1, -0.05) is 5.92 Å². The molecule has 0 amide bonds. The molecule has 0 aliphatic carbocycles. The summed E-state index contributed by atoms with van der Waals surface area (Å²) in [6.07, 6.45) is 0. The zero-order chi connectivity index (χ0) is 12.1. The van der Waals surface area contributed by atoms with Gasteiger partial charge in [0.1, 0.15) is 0 Å². The summed E-state index contributed by atoms with van der Waals surface area (Å²) in [5.41, 5.74) is -0.135. The molecule has 0 bridgehead atoms. The maximum atomic E-state index is 12.7. The van der Waals surface area contributed by atoms with Crippen LogP contribution in [0.15, 0.2) is 12.1 Å². The fourth-order valence-electron chi connectivity index (χ4n) is 0.918. The summed E-state index contributed by atoms with van der Waals surface area (Å²) in [4.78, 5) is 10.8. The van der Waals surface area contributed by atoms with E-state index in [2.05, 4.69) is 10.7 Å². The summed E-state index contributed by atoms with van der Waals surface area (Å²) in [6.45, 7) is 1.75.